The maximum atomic E-state index is 9.77. The van der Waals surface area contributed by atoms with Crippen LogP contribution in [-0.4, -0.2) is 16.6 Å². The van der Waals surface area contributed by atoms with Crippen LogP contribution in [0.4, 0.5) is 0 Å². The third-order valence-corrected chi connectivity index (χ3v) is 3.61. The van der Waals surface area contributed by atoms with Crippen LogP contribution in [0.1, 0.15) is 16.7 Å². The van der Waals surface area contributed by atoms with E-state index < -0.39 is 6.10 Å². The molecule has 3 nitrogen and oxygen atoms in total. The summed E-state index contributed by atoms with van der Waals surface area (Å²) < 4.78 is 0. The Morgan fingerprint density at radius 1 is 1.53 bits per heavy atom. The molecule has 15 heavy (non-hydrogen) atoms. The molecule has 0 bridgehead atoms. The van der Waals surface area contributed by atoms with Crippen LogP contribution >= 0.6 is 22.7 Å². The van der Waals surface area contributed by atoms with Crippen LogP contribution in [0.5, 0.6) is 0 Å². The minimum atomic E-state index is -0.413. The number of thiophene rings is 1. The summed E-state index contributed by atoms with van der Waals surface area (Å²) in [6, 6.07) is 3.89. The maximum Gasteiger partial charge on any atom is 0.101 e. The zero-order valence-electron chi connectivity index (χ0n) is 8.09. The Balaban J connectivity index is 1.74. The number of aliphatic hydroxyl groups is 1. The molecule has 0 aliphatic rings. The lowest BCUT2D eigenvalue weighted by molar-refractivity contribution is 0.178. The van der Waals surface area contributed by atoms with E-state index >= 15 is 0 Å². The molecular weight excluding hydrogens is 228 g/mol. The summed E-state index contributed by atoms with van der Waals surface area (Å²) in [6.45, 7) is 1.28. The molecule has 1 atom stereocenters. The summed E-state index contributed by atoms with van der Waals surface area (Å²) in [5, 5.41) is 16.9. The number of hydrogen-bond acceptors (Lipinski definition) is 5. The molecule has 2 N–H and O–H groups in total. The molecule has 80 valence electrons. The average molecular weight is 240 g/mol. The predicted octanol–water partition coefficient (Wildman–Crippen LogP) is 2.03. The van der Waals surface area contributed by atoms with Gasteiger partial charge < -0.3 is 10.4 Å². The van der Waals surface area contributed by atoms with E-state index in [-0.39, 0.29) is 0 Å². The highest BCUT2D eigenvalue weighted by atomic mass is 32.1. The third kappa shape index (κ3) is 3.10. The first-order valence-electron chi connectivity index (χ1n) is 4.65. The van der Waals surface area contributed by atoms with Crippen molar-refractivity contribution in [1.82, 2.24) is 10.3 Å². The monoisotopic (exact) mass is 240 g/mol. The van der Waals surface area contributed by atoms with E-state index in [9.17, 15) is 5.11 Å². The van der Waals surface area contributed by atoms with Crippen LogP contribution in [0.2, 0.25) is 0 Å². The highest BCUT2D eigenvalue weighted by molar-refractivity contribution is 7.10. The topological polar surface area (TPSA) is 45.1 Å². The second-order valence-electron chi connectivity index (χ2n) is 3.14. The van der Waals surface area contributed by atoms with E-state index in [4.69, 9.17) is 0 Å². The van der Waals surface area contributed by atoms with Crippen molar-refractivity contribution in [3.8, 4) is 0 Å². The van der Waals surface area contributed by atoms with Crippen molar-refractivity contribution in [2.45, 2.75) is 12.6 Å². The SMILES string of the molecule is OC(CNCc1cscn1)c1cccs1. The minimum Gasteiger partial charge on any atom is -0.386 e. The largest absolute Gasteiger partial charge is 0.386 e. The van der Waals surface area contributed by atoms with Crippen LogP contribution < -0.4 is 5.32 Å². The number of aliphatic hydroxyl groups excluding tert-OH is 1. The van der Waals surface area contributed by atoms with Gasteiger partial charge in [-0.3, -0.25) is 0 Å². The first kappa shape index (κ1) is 10.8. The van der Waals surface area contributed by atoms with E-state index in [2.05, 4.69) is 10.3 Å². The van der Waals surface area contributed by atoms with Crippen molar-refractivity contribution in [2.75, 3.05) is 6.54 Å². The van der Waals surface area contributed by atoms with Crippen LogP contribution in [0.3, 0.4) is 0 Å². The summed E-state index contributed by atoms with van der Waals surface area (Å²) in [5.41, 5.74) is 2.84. The molecule has 5 heteroatoms. The fourth-order valence-corrected chi connectivity index (χ4v) is 2.51. The summed E-state index contributed by atoms with van der Waals surface area (Å²) in [6.07, 6.45) is -0.413. The molecule has 0 fully saturated rings. The van der Waals surface area contributed by atoms with Gasteiger partial charge >= 0.3 is 0 Å². The summed E-state index contributed by atoms with van der Waals surface area (Å²) in [7, 11) is 0. The van der Waals surface area contributed by atoms with Gasteiger partial charge in [0, 0.05) is 23.3 Å². The second-order valence-corrected chi connectivity index (χ2v) is 4.84. The van der Waals surface area contributed by atoms with Crippen LogP contribution in [0, 0.1) is 0 Å². The van der Waals surface area contributed by atoms with E-state index in [1.165, 1.54) is 0 Å². The molecule has 0 aromatic carbocycles. The lowest BCUT2D eigenvalue weighted by atomic mass is 10.3. The van der Waals surface area contributed by atoms with Crippen molar-refractivity contribution in [3.05, 3.63) is 39.0 Å². The molecule has 0 spiro atoms. The van der Waals surface area contributed by atoms with Crippen molar-refractivity contribution in [2.24, 2.45) is 0 Å². The first-order chi connectivity index (χ1) is 7.36. The number of aromatic nitrogens is 1. The summed E-state index contributed by atoms with van der Waals surface area (Å²) in [5.74, 6) is 0. The highest BCUT2D eigenvalue weighted by Gasteiger charge is 2.07. The standard InChI is InChI=1S/C10H12N2OS2/c13-9(10-2-1-3-15-10)5-11-4-8-6-14-7-12-8/h1-3,6-7,9,11,13H,4-5H2. The van der Waals surface area contributed by atoms with E-state index in [0.717, 1.165) is 10.6 Å². The Morgan fingerprint density at radius 2 is 2.47 bits per heavy atom. The van der Waals surface area contributed by atoms with Gasteiger partial charge in [0.25, 0.3) is 0 Å². The van der Waals surface area contributed by atoms with Crippen LogP contribution in [0.15, 0.2) is 28.4 Å². The zero-order valence-corrected chi connectivity index (χ0v) is 9.72. The van der Waals surface area contributed by atoms with Crippen molar-refractivity contribution in [1.29, 1.82) is 0 Å². The Hall–Kier alpha value is -0.750. The molecule has 0 aliphatic carbocycles. The van der Waals surface area contributed by atoms with Gasteiger partial charge in [-0.1, -0.05) is 6.07 Å². The smallest absolute Gasteiger partial charge is 0.101 e. The molecule has 2 rings (SSSR count). The maximum absolute atomic E-state index is 9.77. The van der Waals surface area contributed by atoms with Gasteiger partial charge in [-0.15, -0.1) is 22.7 Å². The number of nitrogens with one attached hydrogen (secondary N) is 1. The van der Waals surface area contributed by atoms with Gasteiger partial charge in [0.15, 0.2) is 0 Å². The number of hydrogen-bond donors (Lipinski definition) is 2. The van der Waals surface area contributed by atoms with Gasteiger partial charge in [-0.2, -0.15) is 0 Å². The fourth-order valence-electron chi connectivity index (χ4n) is 1.24. The second kappa shape index (κ2) is 5.37. The van der Waals surface area contributed by atoms with Crippen LogP contribution in [-0.2, 0) is 6.54 Å². The minimum absolute atomic E-state index is 0.413. The summed E-state index contributed by atoms with van der Waals surface area (Å²) in [4.78, 5) is 5.15. The van der Waals surface area contributed by atoms with E-state index in [1.807, 2.05) is 28.4 Å². The molecule has 0 saturated carbocycles. The first-order valence-corrected chi connectivity index (χ1v) is 6.48. The normalized spacial score (nSPS) is 12.9. The molecule has 2 aromatic rings. The molecular formula is C10H12N2OS2. The van der Waals surface area contributed by atoms with Gasteiger partial charge in [-0.25, -0.2) is 4.98 Å². The number of rotatable bonds is 5. The van der Waals surface area contributed by atoms with Gasteiger partial charge in [0.2, 0.25) is 0 Å². The Morgan fingerprint density at radius 3 is 3.13 bits per heavy atom. The van der Waals surface area contributed by atoms with E-state index in [1.54, 1.807) is 22.7 Å². The Labute approximate surface area is 96.4 Å². The molecule has 0 amide bonds. The Kier molecular flexibility index (Phi) is 3.85. The number of nitrogens with zero attached hydrogens (tertiary/aromatic N) is 1. The molecule has 0 aliphatic heterocycles. The zero-order chi connectivity index (χ0) is 10.5. The molecule has 0 saturated heterocycles. The number of thiazole rings is 1. The predicted molar refractivity (Wildman–Crippen MR) is 63.1 cm³/mol. The highest BCUT2D eigenvalue weighted by Crippen LogP contribution is 2.17. The molecule has 2 heterocycles. The summed E-state index contributed by atoms with van der Waals surface area (Å²) >= 11 is 3.16. The van der Waals surface area contributed by atoms with Gasteiger partial charge in [0.05, 0.1) is 11.2 Å². The lowest BCUT2D eigenvalue weighted by Crippen LogP contribution is -2.20. The average Bonchev–Trinajstić information content (AvgIpc) is 2.90. The lowest BCUT2D eigenvalue weighted by Gasteiger charge is -2.08. The van der Waals surface area contributed by atoms with Crippen LogP contribution in [0.25, 0.3) is 0 Å². The van der Waals surface area contributed by atoms with Crippen molar-refractivity contribution < 1.29 is 5.11 Å². The molecule has 1 unspecified atom stereocenters. The van der Waals surface area contributed by atoms with Crippen molar-refractivity contribution >= 4 is 22.7 Å². The molecule has 0 radical (unpaired) electrons. The van der Waals surface area contributed by atoms with Gasteiger partial charge in [0.1, 0.15) is 6.10 Å². The van der Waals surface area contributed by atoms with Crippen molar-refractivity contribution in [3.63, 3.8) is 0 Å². The van der Waals surface area contributed by atoms with Gasteiger partial charge in [-0.05, 0) is 11.4 Å². The van der Waals surface area contributed by atoms with E-state index in [0.29, 0.717) is 13.1 Å². The third-order valence-electron chi connectivity index (χ3n) is 2.00. The Bertz CT molecular complexity index is 372. The molecule has 2 aromatic heterocycles. The quantitative estimate of drug-likeness (QED) is 0.840. The fraction of sp³-hybridized carbons (Fsp3) is 0.300.